The maximum atomic E-state index is 10.0. The van der Waals surface area contributed by atoms with Gasteiger partial charge >= 0.3 is 0 Å². The van der Waals surface area contributed by atoms with Crippen LogP contribution in [-0.2, 0) is 0 Å². The summed E-state index contributed by atoms with van der Waals surface area (Å²) in [4.78, 5) is 1.03. The second-order valence-corrected chi connectivity index (χ2v) is 5.76. The first kappa shape index (κ1) is 15.5. The summed E-state index contributed by atoms with van der Waals surface area (Å²) >= 11 is 1.58. The summed E-state index contributed by atoms with van der Waals surface area (Å²) in [6, 6.07) is 1.94. The minimum Gasteiger partial charge on any atom is -0.496 e. The molecule has 0 aliphatic rings. The highest BCUT2D eigenvalue weighted by Gasteiger charge is 2.10. The summed E-state index contributed by atoms with van der Waals surface area (Å²) in [5, 5.41) is 12.0. The molecule has 1 N–H and O–H groups in total. The van der Waals surface area contributed by atoms with Crippen LogP contribution in [0.4, 0.5) is 0 Å². The molecular weight excluding hydrogens is 244 g/mol. The van der Waals surface area contributed by atoms with Crippen molar-refractivity contribution in [1.29, 1.82) is 0 Å². The van der Waals surface area contributed by atoms with Crippen molar-refractivity contribution in [2.75, 3.05) is 7.11 Å². The Kier molecular flexibility index (Phi) is 8.10. The molecular formula is C15H26O2S. The lowest BCUT2D eigenvalue weighted by molar-refractivity contribution is 0.167. The molecule has 0 aliphatic carbocycles. The van der Waals surface area contributed by atoms with Gasteiger partial charge < -0.3 is 9.84 Å². The first-order valence-electron chi connectivity index (χ1n) is 7.08. The predicted octanol–water partition coefficient (Wildman–Crippen LogP) is 4.93. The van der Waals surface area contributed by atoms with Crippen LogP contribution < -0.4 is 4.74 Å². The van der Waals surface area contributed by atoms with Gasteiger partial charge in [-0.1, -0.05) is 51.9 Å². The minimum atomic E-state index is -0.311. The van der Waals surface area contributed by atoms with E-state index in [4.69, 9.17) is 4.74 Å². The van der Waals surface area contributed by atoms with Gasteiger partial charge in [-0.3, -0.25) is 0 Å². The van der Waals surface area contributed by atoms with E-state index in [-0.39, 0.29) is 6.10 Å². The van der Waals surface area contributed by atoms with Crippen LogP contribution in [0.25, 0.3) is 0 Å². The van der Waals surface area contributed by atoms with Gasteiger partial charge in [-0.15, -0.1) is 11.3 Å². The number of rotatable bonds is 10. The molecule has 1 aromatic heterocycles. The van der Waals surface area contributed by atoms with Gasteiger partial charge in [0.25, 0.3) is 0 Å². The topological polar surface area (TPSA) is 29.5 Å². The van der Waals surface area contributed by atoms with Crippen molar-refractivity contribution >= 4 is 11.3 Å². The lowest BCUT2D eigenvalue weighted by atomic mass is 10.1. The molecule has 0 spiro atoms. The van der Waals surface area contributed by atoms with Gasteiger partial charge in [0.1, 0.15) is 5.75 Å². The van der Waals surface area contributed by atoms with Crippen molar-refractivity contribution in [2.24, 2.45) is 0 Å². The van der Waals surface area contributed by atoms with Gasteiger partial charge in [0.15, 0.2) is 0 Å². The molecule has 0 radical (unpaired) electrons. The summed E-state index contributed by atoms with van der Waals surface area (Å²) < 4.78 is 5.12. The number of aliphatic hydroxyl groups is 1. The second-order valence-electron chi connectivity index (χ2n) is 4.81. The third-order valence-electron chi connectivity index (χ3n) is 3.24. The Labute approximate surface area is 115 Å². The van der Waals surface area contributed by atoms with Gasteiger partial charge in [-0.05, 0) is 12.5 Å². The monoisotopic (exact) mass is 270 g/mol. The number of thiophene rings is 1. The Hall–Kier alpha value is -0.540. The first-order valence-corrected chi connectivity index (χ1v) is 7.96. The standard InChI is InChI=1S/C15H26O2S/c1-3-4-5-6-7-8-9-10-14(16)15-11-13(17-2)12-18-15/h11-12,14,16H,3-10H2,1-2H3. The van der Waals surface area contributed by atoms with E-state index < -0.39 is 0 Å². The van der Waals surface area contributed by atoms with Gasteiger partial charge in [0, 0.05) is 10.3 Å². The highest BCUT2D eigenvalue weighted by atomic mass is 32.1. The molecule has 1 rings (SSSR count). The zero-order valence-corrected chi connectivity index (χ0v) is 12.5. The summed E-state index contributed by atoms with van der Waals surface area (Å²) in [6.07, 6.45) is 9.60. The van der Waals surface area contributed by atoms with Gasteiger partial charge in [-0.2, -0.15) is 0 Å². The number of ether oxygens (including phenoxy) is 1. The van der Waals surface area contributed by atoms with E-state index in [1.165, 1.54) is 38.5 Å². The molecule has 1 aromatic rings. The molecule has 104 valence electrons. The fraction of sp³-hybridized carbons (Fsp3) is 0.733. The lowest BCUT2D eigenvalue weighted by Crippen LogP contribution is -1.94. The van der Waals surface area contributed by atoms with E-state index in [0.717, 1.165) is 23.5 Å². The molecule has 0 saturated carbocycles. The highest BCUT2D eigenvalue weighted by molar-refractivity contribution is 7.10. The van der Waals surface area contributed by atoms with Crippen LogP contribution in [0.3, 0.4) is 0 Å². The first-order chi connectivity index (χ1) is 8.77. The van der Waals surface area contributed by atoms with Gasteiger partial charge in [-0.25, -0.2) is 0 Å². The molecule has 0 bridgehead atoms. The average Bonchev–Trinajstić information content (AvgIpc) is 2.86. The number of hydrogen-bond donors (Lipinski definition) is 1. The van der Waals surface area contributed by atoms with Crippen molar-refractivity contribution in [3.63, 3.8) is 0 Å². The van der Waals surface area contributed by atoms with Crippen LogP contribution in [0.15, 0.2) is 11.4 Å². The molecule has 2 nitrogen and oxygen atoms in total. The van der Waals surface area contributed by atoms with Crippen molar-refractivity contribution in [3.8, 4) is 5.75 Å². The molecule has 0 fully saturated rings. The van der Waals surface area contributed by atoms with E-state index in [2.05, 4.69) is 6.92 Å². The van der Waals surface area contributed by atoms with Crippen LogP contribution in [0.2, 0.25) is 0 Å². The predicted molar refractivity (Wildman–Crippen MR) is 78.4 cm³/mol. The van der Waals surface area contributed by atoms with Crippen LogP contribution in [0.1, 0.15) is 69.3 Å². The Morgan fingerprint density at radius 3 is 2.44 bits per heavy atom. The van der Waals surface area contributed by atoms with Crippen molar-refractivity contribution in [1.82, 2.24) is 0 Å². The van der Waals surface area contributed by atoms with Crippen molar-refractivity contribution in [3.05, 3.63) is 16.3 Å². The molecule has 1 heterocycles. The molecule has 0 saturated heterocycles. The van der Waals surface area contributed by atoms with Crippen LogP contribution in [-0.4, -0.2) is 12.2 Å². The fourth-order valence-corrected chi connectivity index (χ4v) is 2.93. The van der Waals surface area contributed by atoms with Crippen LogP contribution in [0, 0.1) is 0 Å². The Morgan fingerprint density at radius 2 is 1.83 bits per heavy atom. The minimum absolute atomic E-state index is 0.311. The van der Waals surface area contributed by atoms with Crippen molar-refractivity contribution in [2.45, 2.75) is 64.4 Å². The summed E-state index contributed by atoms with van der Waals surface area (Å²) in [7, 11) is 1.66. The van der Waals surface area contributed by atoms with E-state index in [9.17, 15) is 5.11 Å². The zero-order valence-electron chi connectivity index (χ0n) is 11.7. The number of methoxy groups -OCH3 is 1. The van der Waals surface area contributed by atoms with Gasteiger partial charge in [0.2, 0.25) is 0 Å². The second kappa shape index (κ2) is 9.40. The maximum Gasteiger partial charge on any atom is 0.129 e. The van der Waals surface area contributed by atoms with E-state index >= 15 is 0 Å². The summed E-state index contributed by atoms with van der Waals surface area (Å²) in [5.74, 6) is 0.855. The Balaban J connectivity index is 2.08. The SMILES string of the molecule is CCCCCCCCCC(O)c1cc(OC)cs1. The molecule has 0 amide bonds. The third kappa shape index (κ3) is 5.87. The van der Waals surface area contributed by atoms with Crippen molar-refractivity contribution < 1.29 is 9.84 Å². The molecule has 0 aliphatic heterocycles. The molecule has 0 aromatic carbocycles. The molecule has 1 unspecified atom stereocenters. The summed E-state index contributed by atoms with van der Waals surface area (Å²) in [6.45, 7) is 2.24. The third-order valence-corrected chi connectivity index (χ3v) is 4.25. The van der Waals surface area contributed by atoms with E-state index in [0.29, 0.717) is 0 Å². The van der Waals surface area contributed by atoms with E-state index in [1.807, 2.05) is 11.4 Å². The Morgan fingerprint density at radius 1 is 1.17 bits per heavy atom. The normalized spacial score (nSPS) is 12.6. The largest absolute Gasteiger partial charge is 0.496 e. The number of unbranched alkanes of at least 4 members (excludes halogenated alkanes) is 6. The maximum absolute atomic E-state index is 10.0. The lowest BCUT2D eigenvalue weighted by Gasteiger charge is -2.07. The highest BCUT2D eigenvalue weighted by Crippen LogP contribution is 2.29. The van der Waals surface area contributed by atoms with E-state index in [1.54, 1.807) is 18.4 Å². The van der Waals surface area contributed by atoms with Gasteiger partial charge in [0.05, 0.1) is 13.2 Å². The van der Waals surface area contributed by atoms with Crippen LogP contribution >= 0.6 is 11.3 Å². The number of hydrogen-bond acceptors (Lipinski definition) is 3. The zero-order chi connectivity index (χ0) is 13.2. The molecule has 1 atom stereocenters. The average molecular weight is 270 g/mol. The quantitative estimate of drug-likeness (QED) is 0.611. The molecule has 3 heteroatoms. The van der Waals surface area contributed by atoms with Crippen LogP contribution in [0.5, 0.6) is 5.75 Å². The fourth-order valence-electron chi connectivity index (χ4n) is 2.05. The summed E-state index contributed by atoms with van der Waals surface area (Å²) in [5.41, 5.74) is 0. The number of aliphatic hydroxyl groups excluding tert-OH is 1. The smallest absolute Gasteiger partial charge is 0.129 e. The Bertz CT molecular complexity index is 309. The molecule has 18 heavy (non-hydrogen) atoms.